The van der Waals surface area contributed by atoms with Crippen molar-refractivity contribution in [3.63, 3.8) is 0 Å². The number of carbonyl (C=O) groups excluding carboxylic acids is 3. The average Bonchev–Trinajstić information content (AvgIpc) is 3.62. The Balaban J connectivity index is 1.14. The van der Waals surface area contributed by atoms with Gasteiger partial charge in [0.25, 0.3) is 0 Å². The van der Waals surface area contributed by atoms with Crippen molar-refractivity contribution in [2.75, 3.05) is 6.61 Å². The highest BCUT2D eigenvalue weighted by Gasteiger charge is 2.70. The zero-order chi connectivity index (χ0) is 39.8. The van der Waals surface area contributed by atoms with Crippen LogP contribution in [-0.4, -0.2) is 52.7 Å². The summed E-state index contributed by atoms with van der Waals surface area (Å²) in [5.74, 6) is 0.389. The van der Waals surface area contributed by atoms with Gasteiger partial charge in [-0.05, 0) is 137 Å². The van der Waals surface area contributed by atoms with E-state index < -0.39 is 28.6 Å². The molecule has 5 aliphatic rings. The van der Waals surface area contributed by atoms with E-state index in [0.29, 0.717) is 35.0 Å². The Morgan fingerprint density at radius 3 is 2.09 bits per heavy atom. The summed E-state index contributed by atoms with van der Waals surface area (Å²) in [6.07, 6.45) is 10.2. The molecule has 0 bridgehead atoms. The van der Waals surface area contributed by atoms with Gasteiger partial charge < -0.3 is 18.3 Å². The predicted octanol–water partition coefficient (Wildman–Crippen LogP) is 10.9. The SMILES string of the molecule is CC(C)(C)[Si](C)(C)O[C@H]1CC[C@@]2(C)[C@H](CC[C@@H]3[C@@H]2CC[C@]2(C)[C@@H](C4=C(OC(=O)c5ccc(C(=O)c6ccccc6)cc5)C(=O)OC4)CC[C@]32O[Si](C)(C)C)C1. The molecule has 0 saturated heterocycles. The number of hydrogen-bond donors (Lipinski definition) is 0. The average molecular weight is 785 g/mol. The third kappa shape index (κ3) is 7.07. The standard InChI is InChI=1S/C46H64O7Si2/c1-43(2,3)55(9,10)52-34-22-25-44(4)33(28-34)20-21-38-37(44)23-26-45(5)36(24-27-46(38,45)53-54(6,7)8)35-29-50-42(49)40(35)51-41(48)32-18-16-31(17-19-32)39(47)30-14-12-11-13-15-30/h11-19,33-34,36-38H,20-29H2,1-10H3/t33-,34+,36-,37+,38-,44+,45-,46+/m1/s1. The summed E-state index contributed by atoms with van der Waals surface area (Å²) in [6, 6.07) is 15.5. The van der Waals surface area contributed by atoms with E-state index in [4.69, 9.17) is 18.3 Å². The van der Waals surface area contributed by atoms with E-state index in [0.717, 1.165) is 44.1 Å². The van der Waals surface area contributed by atoms with Crippen LogP contribution in [0.25, 0.3) is 0 Å². The number of fused-ring (bicyclic) bond motifs is 5. The fourth-order valence-electron chi connectivity index (χ4n) is 11.6. The van der Waals surface area contributed by atoms with Gasteiger partial charge in [-0.1, -0.05) is 77.1 Å². The molecule has 1 heterocycles. The molecule has 9 heteroatoms. The van der Waals surface area contributed by atoms with Gasteiger partial charge in [0.05, 0.1) is 11.2 Å². The van der Waals surface area contributed by atoms with Gasteiger partial charge in [-0.2, -0.15) is 0 Å². The van der Waals surface area contributed by atoms with E-state index in [-0.39, 0.29) is 51.1 Å². The summed E-state index contributed by atoms with van der Waals surface area (Å²) in [5, 5.41) is 0.206. The zero-order valence-corrected chi connectivity index (χ0v) is 37.0. The Hall–Kier alpha value is -2.86. The summed E-state index contributed by atoms with van der Waals surface area (Å²) in [7, 11) is -3.88. The number of carbonyl (C=O) groups is 3. The lowest BCUT2D eigenvalue weighted by atomic mass is 9.43. The van der Waals surface area contributed by atoms with Crippen LogP contribution in [0.15, 0.2) is 65.9 Å². The second-order valence-corrected chi connectivity index (χ2v) is 29.7. The number of ether oxygens (including phenoxy) is 2. The number of benzene rings is 2. The van der Waals surface area contributed by atoms with E-state index in [1.165, 1.54) is 19.3 Å². The van der Waals surface area contributed by atoms with Gasteiger partial charge in [-0.3, -0.25) is 4.79 Å². The molecule has 1 aliphatic heterocycles. The molecular weight excluding hydrogens is 721 g/mol. The fourth-order valence-corrected chi connectivity index (χ4v) is 14.6. The van der Waals surface area contributed by atoms with Crippen molar-refractivity contribution < 1.29 is 32.7 Å². The number of esters is 2. The number of cyclic esters (lactones) is 1. The van der Waals surface area contributed by atoms with E-state index >= 15 is 0 Å². The molecular formula is C46H64O7Si2. The van der Waals surface area contributed by atoms with E-state index in [2.05, 4.69) is 67.4 Å². The lowest BCUT2D eigenvalue weighted by Crippen LogP contribution is -2.65. The Kier molecular flexibility index (Phi) is 10.4. The first-order valence-corrected chi connectivity index (χ1v) is 27.2. The fraction of sp³-hybridized carbons (Fsp3) is 0.630. The molecule has 7 rings (SSSR count). The summed E-state index contributed by atoms with van der Waals surface area (Å²) in [5.41, 5.74) is 1.84. The molecule has 0 unspecified atom stereocenters. The normalized spacial score (nSPS) is 33.7. The molecule has 0 N–H and O–H groups in total. The molecule has 2 aromatic carbocycles. The summed E-state index contributed by atoms with van der Waals surface area (Å²) in [4.78, 5) is 39.9. The van der Waals surface area contributed by atoms with Crippen molar-refractivity contribution in [1.82, 2.24) is 0 Å². The number of hydrogen-bond acceptors (Lipinski definition) is 7. The minimum Gasteiger partial charge on any atom is -0.455 e. The first kappa shape index (κ1) is 40.3. The van der Waals surface area contributed by atoms with Gasteiger partial charge in [-0.25, -0.2) is 9.59 Å². The topological polar surface area (TPSA) is 88.1 Å². The van der Waals surface area contributed by atoms with Gasteiger partial charge in [0.2, 0.25) is 5.76 Å². The maximum Gasteiger partial charge on any atom is 0.374 e. The van der Waals surface area contributed by atoms with Crippen LogP contribution in [0.5, 0.6) is 0 Å². The van der Waals surface area contributed by atoms with E-state index in [1.807, 2.05) is 18.2 Å². The predicted molar refractivity (Wildman–Crippen MR) is 221 cm³/mol. The molecule has 4 fully saturated rings. The highest BCUT2D eigenvalue weighted by Crippen LogP contribution is 2.72. The number of ketones is 1. The van der Waals surface area contributed by atoms with Gasteiger partial charge in [0, 0.05) is 28.2 Å². The maximum absolute atomic E-state index is 13.6. The van der Waals surface area contributed by atoms with Gasteiger partial charge >= 0.3 is 11.9 Å². The molecule has 0 spiro atoms. The van der Waals surface area contributed by atoms with Crippen LogP contribution >= 0.6 is 0 Å². The Bertz CT molecular complexity index is 1840. The lowest BCUT2D eigenvalue weighted by Gasteiger charge is -2.66. The summed E-state index contributed by atoms with van der Waals surface area (Å²) < 4.78 is 26.3. The molecule has 0 aromatic heterocycles. The quantitative estimate of drug-likeness (QED) is 0.142. The molecule has 55 heavy (non-hydrogen) atoms. The van der Waals surface area contributed by atoms with Crippen molar-refractivity contribution in [3.05, 3.63) is 82.6 Å². The van der Waals surface area contributed by atoms with Gasteiger partial charge in [0.1, 0.15) is 6.61 Å². The minimum atomic E-state index is -2.03. The first-order valence-electron chi connectivity index (χ1n) is 20.9. The van der Waals surface area contributed by atoms with Crippen LogP contribution in [0.1, 0.15) is 119 Å². The zero-order valence-electron chi connectivity index (χ0n) is 35.0. The molecule has 0 amide bonds. The van der Waals surface area contributed by atoms with Crippen LogP contribution < -0.4 is 0 Å². The minimum absolute atomic E-state index is 0.00386. The Morgan fingerprint density at radius 1 is 0.782 bits per heavy atom. The Morgan fingerprint density at radius 2 is 1.44 bits per heavy atom. The van der Waals surface area contributed by atoms with E-state index in [9.17, 15) is 14.4 Å². The van der Waals surface area contributed by atoms with Crippen molar-refractivity contribution in [1.29, 1.82) is 0 Å². The van der Waals surface area contributed by atoms with Crippen LogP contribution in [0.3, 0.4) is 0 Å². The van der Waals surface area contributed by atoms with Crippen molar-refractivity contribution >= 4 is 34.4 Å². The molecule has 7 nitrogen and oxygen atoms in total. The first-order chi connectivity index (χ1) is 25.7. The smallest absolute Gasteiger partial charge is 0.374 e. The van der Waals surface area contributed by atoms with Crippen LogP contribution in [0, 0.1) is 34.5 Å². The number of rotatable bonds is 9. The van der Waals surface area contributed by atoms with Crippen molar-refractivity contribution in [3.8, 4) is 0 Å². The van der Waals surface area contributed by atoms with Crippen LogP contribution in [0.4, 0.5) is 0 Å². The third-order valence-electron chi connectivity index (χ3n) is 15.4. The van der Waals surface area contributed by atoms with Gasteiger partial charge in [0.15, 0.2) is 22.4 Å². The van der Waals surface area contributed by atoms with Gasteiger partial charge in [-0.15, -0.1) is 0 Å². The second-order valence-electron chi connectivity index (χ2n) is 20.5. The summed E-state index contributed by atoms with van der Waals surface area (Å²) in [6.45, 7) is 23.9. The monoisotopic (exact) mass is 784 g/mol. The maximum atomic E-state index is 13.6. The molecule has 2 aromatic rings. The molecule has 0 radical (unpaired) electrons. The summed E-state index contributed by atoms with van der Waals surface area (Å²) >= 11 is 0. The molecule has 4 saturated carbocycles. The van der Waals surface area contributed by atoms with Crippen molar-refractivity contribution in [2.24, 2.45) is 34.5 Å². The van der Waals surface area contributed by atoms with E-state index in [1.54, 1.807) is 36.4 Å². The lowest BCUT2D eigenvalue weighted by molar-refractivity contribution is -0.199. The van der Waals surface area contributed by atoms with Crippen LogP contribution in [-0.2, 0) is 23.1 Å². The highest BCUT2D eigenvalue weighted by atomic mass is 28.4. The molecule has 8 atom stereocenters. The largest absolute Gasteiger partial charge is 0.455 e. The Labute approximate surface area is 331 Å². The highest BCUT2D eigenvalue weighted by molar-refractivity contribution is 6.74. The van der Waals surface area contributed by atoms with Crippen molar-refractivity contribution in [2.45, 2.75) is 142 Å². The third-order valence-corrected chi connectivity index (χ3v) is 20.9. The molecule has 298 valence electrons. The van der Waals surface area contributed by atoms with Crippen LogP contribution in [0.2, 0.25) is 37.8 Å². The second kappa shape index (κ2) is 14.2. The molecule has 4 aliphatic carbocycles.